The average molecular weight is 363 g/mol. The number of hydrogen-bond acceptors (Lipinski definition) is 4. The van der Waals surface area contributed by atoms with Crippen molar-refractivity contribution in [2.24, 2.45) is 11.5 Å². The molecule has 0 heterocycles. The van der Waals surface area contributed by atoms with Crippen LogP contribution in [0, 0.1) is 0 Å². The van der Waals surface area contributed by atoms with Crippen LogP contribution in [0.4, 0.5) is 0 Å². The van der Waals surface area contributed by atoms with Crippen LogP contribution in [0.25, 0.3) is 0 Å². The van der Waals surface area contributed by atoms with Crippen LogP contribution >= 0.6 is 0 Å². The number of carbonyl (C=O) groups is 2. The first-order valence-electron chi connectivity index (χ1n) is 9.69. The van der Waals surface area contributed by atoms with Crippen molar-refractivity contribution >= 4 is 11.8 Å². The van der Waals surface area contributed by atoms with Crippen molar-refractivity contribution in [1.82, 2.24) is 10.6 Å². The number of carbonyl (C=O) groups excluding carboxylic acids is 2. The molecule has 0 unspecified atom stereocenters. The summed E-state index contributed by atoms with van der Waals surface area (Å²) in [5.74, 6) is -0.173. The lowest BCUT2D eigenvalue weighted by molar-refractivity contribution is -0.122. The minimum atomic E-state index is -0.472. The summed E-state index contributed by atoms with van der Waals surface area (Å²) in [4.78, 5) is 23.9. The summed E-state index contributed by atoms with van der Waals surface area (Å²) >= 11 is 0. The van der Waals surface area contributed by atoms with Gasteiger partial charge in [0.05, 0.1) is 6.04 Å². The second kappa shape index (κ2) is 13.3. The third-order valence-electron chi connectivity index (χ3n) is 4.35. The molecular weight excluding hydrogens is 328 g/mol. The first-order valence-corrected chi connectivity index (χ1v) is 9.69. The van der Waals surface area contributed by atoms with Crippen LogP contribution in [-0.2, 0) is 11.3 Å². The summed E-state index contributed by atoms with van der Waals surface area (Å²) in [5, 5.41) is 5.77. The molecule has 146 valence electrons. The fourth-order valence-corrected chi connectivity index (χ4v) is 2.61. The molecule has 1 rings (SSSR count). The average Bonchev–Trinajstić information content (AvgIpc) is 2.67. The normalized spacial score (nSPS) is 11.8. The molecule has 0 aromatic heterocycles. The van der Waals surface area contributed by atoms with Crippen molar-refractivity contribution < 1.29 is 9.59 Å². The van der Waals surface area contributed by atoms with Crippen LogP contribution in [0.1, 0.15) is 67.8 Å². The molecule has 6 heteroatoms. The van der Waals surface area contributed by atoms with Gasteiger partial charge in [0.15, 0.2) is 0 Å². The van der Waals surface area contributed by atoms with Crippen LogP contribution in [-0.4, -0.2) is 30.9 Å². The van der Waals surface area contributed by atoms with Crippen molar-refractivity contribution in [3.8, 4) is 0 Å². The number of nitrogens with two attached hydrogens (primary N) is 2. The molecule has 0 saturated carbocycles. The van der Waals surface area contributed by atoms with E-state index >= 15 is 0 Å². The van der Waals surface area contributed by atoms with Crippen LogP contribution < -0.4 is 22.1 Å². The highest BCUT2D eigenvalue weighted by molar-refractivity contribution is 5.94. The van der Waals surface area contributed by atoms with Gasteiger partial charge >= 0.3 is 0 Å². The molecule has 6 nitrogen and oxygen atoms in total. The highest BCUT2D eigenvalue weighted by atomic mass is 16.2. The van der Waals surface area contributed by atoms with Gasteiger partial charge in [-0.15, -0.1) is 0 Å². The molecule has 0 bridgehead atoms. The Labute approximate surface area is 157 Å². The lowest BCUT2D eigenvalue weighted by Crippen LogP contribution is -2.41. The van der Waals surface area contributed by atoms with Crippen LogP contribution in [0.3, 0.4) is 0 Å². The maximum Gasteiger partial charge on any atom is 0.251 e. The van der Waals surface area contributed by atoms with Crippen molar-refractivity contribution in [2.45, 2.75) is 64.5 Å². The van der Waals surface area contributed by atoms with Gasteiger partial charge in [-0.25, -0.2) is 0 Å². The summed E-state index contributed by atoms with van der Waals surface area (Å²) in [6.07, 6.45) is 6.75. The second-order valence-electron chi connectivity index (χ2n) is 6.61. The standard InChI is InChI=1S/C20H34N4O2/c1-2-3-4-6-13-24-20(26)18(22)8-5-7-14-23-19(25)17-11-9-16(15-21)10-12-17/h9-12,18H,2-8,13-15,21-22H2,1H3,(H,23,25)(H,24,26)/t18-/m1/s1. The van der Waals surface area contributed by atoms with Crippen molar-refractivity contribution in [2.75, 3.05) is 13.1 Å². The lowest BCUT2D eigenvalue weighted by atomic mass is 10.1. The van der Waals surface area contributed by atoms with Gasteiger partial charge in [-0.2, -0.15) is 0 Å². The highest BCUT2D eigenvalue weighted by Crippen LogP contribution is 2.04. The molecule has 0 radical (unpaired) electrons. The van der Waals surface area contributed by atoms with Crippen molar-refractivity contribution in [1.29, 1.82) is 0 Å². The smallest absolute Gasteiger partial charge is 0.251 e. The molecule has 26 heavy (non-hydrogen) atoms. The Balaban J connectivity index is 2.11. The van der Waals surface area contributed by atoms with E-state index in [9.17, 15) is 9.59 Å². The molecule has 2 amide bonds. The summed E-state index contributed by atoms with van der Waals surface area (Å²) in [6, 6.07) is 6.79. The van der Waals surface area contributed by atoms with Gasteiger partial charge in [0.1, 0.15) is 0 Å². The van der Waals surface area contributed by atoms with Gasteiger partial charge in [-0.1, -0.05) is 38.3 Å². The highest BCUT2D eigenvalue weighted by Gasteiger charge is 2.12. The lowest BCUT2D eigenvalue weighted by Gasteiger charge is -2.12. The van der Waals surface area contributed by atoms with Crippen molar-refractivity contribution in [3.63, 3.8) is 0 Å². The monoisotopic (exact) mass is 362 g/mol. The van der Waals surface area contributed by atoms with Gasteiger partial charge in [-0.3, -0.25) is 9.59 Å². The minimum Gasteiger partial charge on any atom is -0.355 e. The van der Waals surface area contributed by atoms with Crippen LogP contribution in [0.15, 0.2) is 24.3 Å². The molecule has 6 N–H and O–H groups in total. The number of amides is 2. The third-order valence-corrected chi connectivity index (χ3v) is 4.35. The predicted octanol–water partition coefficient (Wildman–Crippen LogP) is 2.07. The van der Waals surface area contributed by atoms with E-state index in [0.29, 0.717) is 31.6 Å². The maximum absolute atomic E-state index is 12.0. The Hall–Kier alpha value is -1.92. The van der Waals surface area contributed by atoms with Crippen molar-refractivity contribution in [3.05, 3.63) is 35.4 Å². The molecule has 0 aliphatic heterocycles. The Morgan fingerprint density at radius 1 is 0.962 bits per heavy atom. The molecule has 1 atom stereocenters. The summed E-state index contributed by atoms with van der Waals surface area (Å²) < 4.78 is 0. The van der Waals surface area contributed by atoms with Gasteiger partial charge in [0.25, 0.3) is 5.91 Å². The Morgan fingerprint density at radius 2 is 1.62 bits per heavy atom. The third kappa shape index (κ3) is 8.97. The molecule has 1 aromatic rings. The molecule has 0 aliphatic carbocycles. The molecular formula is C20H34N4O2. The number of benzene rings is 1. The van der Waals surface area contributed by atoms with E-state index in [0.717, 1.165) is 31.2 Å². The van der Waals surface area contributed by atoms with E-state index in [2.05, 4.69) is 17.6 Å². The topological polar surface area (TPSA) is 110 Å². The summed E-state index contributed by atoms with van der Waals surface area (Å²) in [6.45, 7) is 3.90. The quantitative estimate of drug-likeness (QED) is 0.403. The Morgan fingerprint density at radius 3 is 2.27 bits per heavy atom. The SMILES string of the molecule is CCCCCCNC(=O)[C@H](N)CCCCNC(=O)c1ccc(CN)cc1. The fraction of sp³-hybridized carbons (Fsp3) is 0.600. The Kier molecular flexibility index (Phi) is 11.3. The van der Waals surface area contributed by atoms with Gasteiger partial charge in [-0.05, 0) is 43.4 Å². The molecule has 0 aliphatic rings. The van der Waals surface area contributed by atoms with E-state index in [1.54, 1.807) is 12.1 Å². The Bertz CT molecular complexity index is 531. The molecule has 0 fully saturated rings. The minimum absolute atomic E-state index is 0.0782. The van der Waals surface area contributed by atoms with E-state index in [-0.39, 0.29) is 11.8 Å². The van der Waals surface area contributed by atoms with Crippen LogP contribution in [0.2, 0.25) is 0 Å². The zero-order valence-corrected chi connectivity index (χ0v) is 15.9. The van der Waals surface area contributed by atoms with Gasteiger partial charge in [0, 0.05) is 25.2 Å². The predicted molar refractivity (Wildman–Crippen MR) is 106 cm³/mol. The summed E-state index contributed by atoms with van der Waals surface area (Å²) in [7, 11) is 0. The number of rotatable bonds is 13. The first-order chi connectivity index (χ1) is 12.6. The first kappa shape index (κ1) is 22.1. The summed E-state index contributed by atoms with van der Waals surface area (Å²) in [5.41, 5.74) is 13.1. The number of nitrogens with one attached hydrogen (secondary N) is 2. The zero-order valence-electron chi connectivity index (χ0n) is 15.9. The number of hydrogen-bond donors (Lipinski definition) is 4. The largest absolute Gasteiger partial charge is 0.355 e. The fourth-order valence-electron chi connectivity index (χ4n) is 2.61. The second-order valence-corrected chi connectivity index (χ2v) is 6.61. The van der Waals surface area contributed by atoms with Crippen LogP contribution in [0.5, 0.6) is 0 Å². The van der Waals surface area contributed by atoms with Gasteiger partial charge < -0.3 is 22.1 Å². The zero-order chi connectivity index (χ0) is 19.2. The maximum atomic E-state index is 12.0. The van der Waals surface area contributed by atoms with E-state index in [1.807, 2.05) is 12.1 Å². The molecule has 0 spiro atoms. The van der Waals surface area contributed by atoms with E-state index in [1.165, 1.54) is 12.8 Å². The number of unbranched alkanes of at least 4 members (excludes halogenated alkanes) is 4. The van der Waals surface area contributed by atoms with E-state index in [4.69, 9.17) is 11.5 Å². The molecule has 0 saturated heterocycles. The molecule has 1 aromatic carbocycles. The van der Waals surface area contributed by atoms with Gasteiger partial charge in [0.2, 0.25) is 5.91 Å². The van der Waals surface area contributed by atoms with E-state index < -0.39 is 6.04 Å².